The summed E-state index contributed by atoms with van der Waals surface area (Å²) in [5, 5.41) is 0. The van der Waals surface area contributed by atoms with Crippen LogP contribution in [0.15, 0.2) is 182 Å². The van der Waals surface area contributed by atoms with Gasteiger partial charge in [0.1, 0.15) is 0 Å². The van der Waals surface area contributed by atoms with Crippen LogP contribution in [-0.2, 0) is 25.2 Å². The third kappa shape index (κ3) is 7.47. The molecule has 0 bridgehead atoms. The molecule has 0 aliphatic heterocycles. The normalized spacial score (nSPS) is 11.5. The highest BCUT2D eigenvalue weighted by atomic mass is 16.6. The Bertz CT molecular complexity index is 1550. The van der Waals surface area contributed by atoms with E-state index < -0.39 is 22.8 Å². The van der Waals surface area contributed by atoms with Gasteiger partial charge in [0.2, 0.25) is 0 Å². The fourth-order valence-corrected chi connectivity index (χ4v) is 7.43. The van der Waals surface area contributed by atoms with Crippen LogP contribution in [0, 0.1) is 0 Å². The summed E-state index contributed by atoms with van der Waals surface area (Å²) < 4.78 is 5.44. The minimum absolute atomic E-state index is 0.155. The Hall–Kier alpha value is -5.54. The molecule has 49 heavy (non-hydrogen) atoms. The van der Waals surface area contributed by atoms with Gasteiger partial charge in [-0.15, -0.1) is 0 Å². The zero-order chi connectivity index (χ0) is 33.8. The molecule has 0 heterocycles. The summed E-state index contributed by atoms with van der Waals surface area (Å²) in [5.74, 6) is -0.956. The van der Waals surface area contributed by atoms with Gasteiger partial charge in [0.25, 0.3) is 0 Å². The molecule has 0 aliphatic rings. The van der Waals surface area contributed by atoms with Gasteiger partial charge in [0, 0.05) is 23.7 Å². The quantitative estimate of drug-likeness (QED) is 0.0675. The molecule has 0 unspecified atom stereocenters. The Balaban J connectivity index is 1.15. The molecule has 3 nitrogen and oxygen atoms in total. The molecule has 0 saturated carbocycles. The number of hydrogen-bond donors (Lipinski definition) is 0. The SMILES string of the molecule is O=C(CCCC(c1ccccc1)(c1ccccc1)c1ccccc1)OC(=O)CCCC(c1ccccc1)(c1ccccc1)c1ccccc1. The topological polar surface area (TPSA) is 43.4 Å². The molecule has 6 rings (SSSR count). The second-order valence-corrected chi connectivity index (χ2v) is 12.6. The molecule has 6 aromatic rings. The average molecular weight is 643 g/mol. The van der Waals surface area contributed by atoms with Gasteiger partial charge in [-0.3, -0.25) is 9.59 Å². The predicted octanol–water partition coefficient (Wildman–Crippen LogP) is 10.5. The van der Waals surface area contributed by atoms with Gasteiger partial charge < -0.3 is 4.74 Å². The summed E-state index contributed by atoms with van der Waals surface area (Å²) >= 11 is 0. The summed E-state index contributed by atoms with van der Waals surface area (Å²) in [6.45, 7) is 0. The monoisotopic (exact) mass is 642 g/mol. The van der Waals surface area contributed by atoms with E-state index >= 15 is 0 Å². The minimum Gasteiger partial charge on any atom is -0.393 e. The molecule has 0 N–H and O–H groups in total. The van der Waals surface area contributed by atoms with Crippen LogP contribution in [0.5, 0.6) is 0 Å². The van der Waals surface area contributed by atoms with Crippen molar-refractivity contribution in [2.45, 2.75) is 49.4 Å². The van der Waals surface area contributed by atoms with Crippen LogP contribution >= 0.6 is 0 Å². The third-order valence-electron chi connectivity index (χ3n) is 9.69. The van der Waals surface area contributed by atoms with Crippen LogP contribution in [0.1, 0.15) is 71.9 Å². The van der Waals surface area contributed by atoms with Gasteiger partial charge in [-0.05, 0) is 59.1 Å². The Kier molecular flexibility index (Phi) is 10.9. The smallest absolute Gasteiger partial charge is 0.313 e. The molecular formula is C46H42O3. The Morgan fingerprint density at radius 1 is 0.347 bits per heavy atom. The van der Waals surface area contributed by atoms with Crippen molar-refractivity contribution in [3.8, 4) is 0 Å². The van der Waals surface area contributed by atoms with Crippen molar-refractivity contribution in [3.63, 3.8) is 0 Å². The summed E-state index contributed by atoms with van der Waals surface area (Å²) in [4.78, 5) is 26.3. The van der Waals surface area contributed by atoms with Crippen molar-refractivity contribution >= 4 is 11.9 Å². The first-order chi connectivity index (χ1) is 24.1. The van der Waals surface area contributed by atoms with Gasteiger partial charge in [-0.1, -0.05) is 182 Å². The van der Waals surface area contributed by atoms with Crippen LogP contribution in [0.4, 0.5) is 0 Å². The summed E-state index contributed by atoms with van der Waals surface area (Å²) in [6.07, 6.45) is 2.79. The number of carbonyl (C=O) groups excluding carboxylic acids is 2. The van der Waals surface area contributed by atoms with E-state index in [1.54, 1.807) is 0 Å². The molecule has 0 saturated heterocycles. The largest absolute Gasteiger partial charge is 0.393 e. The summed E-state index contributed by atoms with van der Waals surface area (Å²) in [7, 11) is 0. The Morgan fingerprint density at radius 2 is 0.551 bits per heavy atom. The second-order valence-electron chi connectivity index (χ2n) is 12.6. The van der Waals surface area contributed by atoms with Crippen molar-refractivity contribution < 1.29 is 14.3 Å². The third-order valence-corrected chi connectivity index (χ3v) is 9.69. The van der Waals surface area contributed by atoms with Crippen LogP contribution < -0.4 is 0 Å². The van der Waals surface area contributed by atoms with Crippen molar-refractivity contribution in [2.75, 3.05) is 0 Å². The van der Waals surface area contributed by atoms with Crippen LogP contribution in [0.25, 0.3) is 0 Å². The standard InChI is InChI=1S/C46H42O3/c47-43(33-19-35-45(37-21-7-1-8-22-37,38-23-9-2-10-24-38)39-25-11-3-12-26-39)49-44(48)34-20-36-46(40-27-13-4-14-28-40,41-29-15-5-16-30-41)42-31-17-6-18-32-42/h1-18,21-32H,19-20,33-36H2. The van der Waals surface area contributed by atoms with Crippen molar-refractivity contribution in [3.05, 3.63) is 215 Å². The average Bonchev–Trinajstić information content (AvgIpc) is 3.17. The maximum atomic E-state index is 13.1. The number of esters is 2. The molecule has 0 amide bonds. The number of hydrogen-bond acceptors (Lipinski definition) is 3. The fraction of sp³-hybridized carbons (Fsp3) is 0.174. The van der Waals surface area contributed by atoms with Crippen LogP contribution in [0.2, 0.25) is 0 Å². The number of ether oxygens (including phenoxy) is 1. The van der Waals surface area contributed by atoms with Gasteiger partial charge in [-0.2, -0.15) is 0 Å². The molecule has 6 aromatic carbocycles. The highest BCUT2D eigenvalue weighted by Crippen LogP contribution is 2.44. The second kappa shape index (κ2) is 16.0. The van der Waals surface area contributed by atoms with E-state index in [1.807, 2.05) is 36.4 Å². The lowest BCUT2D eigenvalue weighted by Crippen LogP contribution is -2.30. The minimum atomic E-state index is -0.478. The van der Waals surface area contributed by atoms with Gasteiger partial charge in [0.05, 0.1) is 0 Å². The van der Waals surface area contributed by atoms with Crippen LogP contribution in [-0.4, -0.2) is 11.9 Å². The number of benzene rings is 6. The van der Waals surface area contributed by atoms with Crippen molar-refractivity contribution in [1.29, 1.82) is 0 Å². The lowest BCUT2D eigenvalue weighted by atomic mass is 9.66. The maximum Gasteiger partial charge on any atom is 0.313 e. The van der Waals surface area contributed by atoms with Gasteiger partial charge in [0.15, 0.2) is 0 Å². The van der Waals surface area contributed by atoms with Gasteiger partial charge in [-0.25, -0.2) is 0 Å². The first-order valence-corrected chi connectivity index (χ1v) is 17.2. The maximum absolute atomic E-state index is 13.1. The predicted molar refractivity (Wildman–Crippen MR) is 197 cm³/mol. The molecule has 244 valence electrons. The van der Waals surface area contributed by atoms with E-state index in [0.29, 0.717) is 25.7 Å². The molecule has 0 atom stereocenters. The highest BCUT2D eigenvalue weighted by molar-refractivity contribution is 5.85. The van der Waals surface area contributed by atoms with E-state index in [0.717, 1.165) is 33.4 Å². The van der Waals surface area contributed by atoms with E-state index in [-0.39, 0.29) is 12.8 Å². The molecule has 0 fully saturated rings. The zero-order valence-corrected chi connectivity index (χ0v) is 27.8. The summed E-state index contributed by atoms with van der Waals surface area (Å²) in [6, 6.07) is 62.7. The van der Waals surface area contributed by atoms with E-state index in [4.69, 9.17) is 4.74 Å². The zero-order valence-electron chi connectivity index (χ0n) is 27.8. The van der Waals surface area contributed by atoms with E-state index in [1.165, 1.54) is 0 Å². The van der Waals surface area contributed by atoms with Gasteiger partial charge >= 0.3 is 11.9 Å². The Morgan fingerprint density at radius 3 is 0.755 bits per heavy atom. The van der Waals surface area contributed by atoms with Crippen molar-refractivity contribution in [2.24, 2.45) is 0 Å². The molecule has 0 aromatic heterocycles. The summed E-state index contributed by atoms with van der Waals surface area (Å²) in [5.41, 5.74) is 6.07. The molecular weight excluding hydrogens is 601 g/mol. The van der Waals surface area contributed by atoms with E-state index in [9.17, 15) is 9.59 Å². The lowest BCUT2D eigenvalue weighted by Gasteiger charge is -2.36. The number of carbonyl (C=O) groups is 2. The number of rotatable bonds is 14. The first-order valence-electron chi connectivity index (χ1n) is 17.2. The fourth-order valence-electron chi connectivity index (χ4n) is 7.43. The Labute approximate surface area is 290 Å². The molecule has 0 radical (unpaired) electrons. The highest BCUT2D eigenvalue weighted by Gasteiger charge is 2.37. The molecule has 3 heteroatoms. The molecule has 0 spiro atoms. The van der Waals surface area contributed by atoms with Crippen molar-refractivity contribution in [1.82, 2.24) is 0 Å². The van der Waals surface area contributed by atoms with Crippen LogP contribution in [0.3, 0.4) is 0 Å². The first kappa shape index (κ1) is 33.4. The lowest BCUT2D eigenvalue weighted by molar-refractivity contribution is -0.159. The molecule has 0 aliphatic carbocycles. The van der Waals surface area contributed by atoms with E-state index in [2.05, 4.69) is 146 Å².